The SMILES string of the molecule is Cc1ccc(-n2nnnc2SCCC(=O)Nc2ccccc2[N+](=O)[O-])c(C)c1. The summed E-state index contributed by atoms with van der Waals surface area (Å²) < 4.78 is 1.64. The molecule has 0 unspecified atom stereocenters. The second-order valence-corrected chi connectivity index (χ2v) is 7.15. The Kier molecular flexibility index (Phi) is 5.99. The van der Waals surface area contributed by atoms with Gasteiger partial charge in [-0.2, -0.15) is 4.68 Å². The minimum Gasteiger partial charge on any atom is -0.320 e. The van der Waals surface area contributed by atoms with Crippen LogP contribution in [-0.4, -0.2) is 36.8 Å². The van der Waals surface area contributed by atoms with E-state index in [4.69, 9.17) is 0 Å². The van der Waals surface area contributed by atoms with E-state index < -0.39 is 4.92 Å². The Hall–Kier alpha value is -3.27. The summed E-state index contributed by atoms with van der Waals surface area (Å²) in [5.41, 5.74) is 3.12. The van der Waals surface area contributed by atoms with Crippen molar-refractivity contribution in [2.75, 3.05) is 11.1 Å². The summed E-state index contributed by atoms with van der Waals surface area (Å²) in [6.45, 7) is 4.00. The van der Waals surface area contributed by atoms with Crippen LogP contribution < -0.4 is 5.32 Å². The van der Waals surface area contributed by atoms with Gasteiger partial charge in [0.25, 0.3) is 5.69 Å². The van der Waals surface area contributed by atoms with Crippen molar-refractivity contribution < 1.29 is 9.72 Å². The third kappa shape index (κ3) is 4.52. The number of tetrazole rings is 1. The first-order chi connectivity index (χ1) is 13.5. The number of hydrogen-bond donors (Lipinski definition) is 1. The zero-order valence-corrected chi connectivity index (χ0v) is 16.1. The quantitative estimate of drug-likeness (QED) is 0.369. The summed E-state index contributed by atoms with van der Waals surface area (Å²) >= 11 is 1.34. The molecular weight excluding hydrogens is 380 g/mol. The van der Waals surface area contributed by atoms with Crippen molar-refractivity contribution in [3.05, 3.63) is 63.7 Å². The van der Waals surface area contributed by atoms with Gasteiger partial charge in [0, 0.05) is 18.2 Å². The van der Waals surface area contributed by atoms with Crippen molar-refractivity contribution in [2.24, 2.45) is 0 Å². The fraction of sp³-hybridized carbons (Fsp3) is 0.222. The van der Waals surface area contributed by atoms with Crippen LogP contribution in [0.1, 0.15) is 17.5 Å². The number of nitro groups is 1. The Morgan fingerprint density at radius 1 is 1.25 bits per heavy atom. The molecule has 0 fully saturated rings. The van der Waals surface area contributed by atoms with Crippen molar-refractivity contribution in [1.82, 2.24) is 20.2 Å². The topological polar surface area (TPSA) is 116 Å². The van der Waals surface area contributed by atoms with Gasteiger partial charge in [0.1, 0.15) is 5.69 Å². The largest absolute Gasteiger partial charge is 0.320 e. The van der Waals surface area contributed by atoms with Crippen LogP contribution in [0.5, 0.6) is 0 Å². The Balaban J connectivity index is 1.61. The molecule has 0 radical (unpaired) electrons. The summed E-state index contributed by atoms with van der Waals surface area (Å²) in [5, 5.41) is 26.0. The van der Waals surface area contributed by atoms with Gasteiger partial charge in [-0.1, -0.05) is 41.6 Å². The lowest BCUT2D eigenvalue weighted by atomic mass is 10.1. The molecule has 0 aliphatic rings. The molecule has 3 aromatic rings. The third-order valence-corrected chi connectivity index (χ3v) is 4.88. The van der Waals surface area contributed by atoms with E-state index in [-0.39, 0.29) is 23.7 Å². The number of para-hydroxylation sites is 2. The molecule has 0 spiro atoms. The lowest BCUT2D eigenvalue weighted by Gasteiger charge is -2.08. The highest BCUT2D eigenvalue weighted by molar-refractivity contribution is 7.99. The first kappa shape index (κ1) is 19.5. The smallest absolute Gasteiger partial charge is 0.292 e. The number of hydrogen-bond acceptors (Lipinski definition) is 7. The van der Waals surface area contributed by atoms with E-state index in [2.05, 4.69) is 20.8 Å². The fourth-order valence-electron chi connectivity index (χ4n) is 2.65. The van der Waals surface area contributed by atoms with E-state index in [1.165, 1.54) is 23.9 Å². The van der Waals surface area contributed by atoms with Crippen LogP contribution in [0.15, 0.2) is 47.6 Å². The van der Waals surface area contributed by atoms with Gasteiger partial charge in [-0.25, -0.2) is 0 Å². The van der Waals surface area contributed by atoms with Crippen LogP contribution in [0, 0.1) is 24.0 Å². The lowest BCUT2D eigenvalue weighted by molar-refractivity contribution is -0.383. The number of anilines is 1. The van der Waals surface area contributed by atoms with Gasteiger partial charge in [0.15, 0.2) is 0 Å². The van der Waals surface area contributed by atoms with E-state index in [9.17, 15) is 14.9 Å². The molecule has 0 saturated heterocycles. The summed E-state index contributed by atoms with van der Waals surface area (Å²) in [5.74, 6) is 0.116. The predicted molar refractivity (Wildman–Crippen MR) is 106 cm³/mol. The Bertz CT molecular complexity index is 1020. The van der Waals surface area contributed by atoms with Crippen LogP contribution in [0.4, 0.5) is 11.4 Å². The maximum Gasteiger partial charge on any atom is 0.292 e. The van der Waals surface area contributed by atoms with Gasteiger partial charge in [0.05, 0.1) is 10.6 Å². The second-order valence-electron chi connectivity index (χ2n) is 6.08. The fourth-order valence-corrected chi connectivity index (χ4v) is 3.47. The van der Waals surface area contributed by atoms with E-state index >= 15 is 0 Å². The van der Waals surface area contributed by atoms with Gasteiger partial charge < -0.3 is 5.32 Å². The number of carbonyl (C=O) groups is 1. The number of amides is 1. The van der Waals surface area contributed by atoms with Crippen LogP contribution in [-0.2, 0) is 4.79 Å². The molecular formula is C18H18N6O3S. The minimum absolute atomic E-state index is 0.137. The number of rotatable bonds is 7. The van der Waals surface area contributed by atoms with E-state index in [1.807, 2.05) is 32.0 Å². The highest BCUT2D eigenvalue weighted by Gasteiger charge is 2.16. The number of nitro benzene ring substituents is 1. The molecule has 9 nitrogen and oxygen atoms in total. The standard InChI is InChI=1S/C18H18N6O3S/c1-12-7-8-15(13(2)11-12)23-18(20-21-22-23)28-10-9-17(25)19-14-5-3-4-6-16(14)24(26)27/h3-8,11H,9-10H2,1-2H3,(H,19,25). The number of carbonyl (C=O) groups excluding carboxylic acids is 1. The van der Waals surface area contributed by atoms with Gasteiger partial charge in [-0.05, 0) is 42.0 Å². The molecule has 1 amide bonds. The average Bonchev–Trinajstić information content (AvgIpc) is 3.10. The number of benzene rings is 2. The van der Waals surface area contributed by atoms with Crippen LogP contribution in [0.2, 0.25) is 0 Å². The molecule has 144 valence electrons. The summed E-state index contributed by atoms with van der Waals surface area (Å²) in [7, 11) is 0. The molecule has 0 bridgehead atoms. The Labute approximate surface area is 165 Å². The van der Waals surface area contributed by atoms with Crippen LogP contribution >= 0.6 is 11.8 Å². The van der Waals surface area contributed by atoms with E-state index in [0.717, 1.165) is 16.8 Å². The average molecular weight is 398 g/mol. The molecule has 10 heteroatoms. The monoisotopic (exact) mass is 398 g/mol. The van der Waals surface area contributed by atoms with E-state index in [0.29, 0.717) is 10.9 Å². The molecule has 1 heterocycles. The Morgan fingerprint density at radius 2 is 2.04 bits per heavy atom. The number of nitrogens with zero attached hydrogens (tertiary/aromatic N) is 5. The van der Waals surface area contributed by atoms with Gasteiger partial charge in [-0.3, -0.25) is 14.9 Å². The summed E-state index contributed by atoms with van der Waals surface area (Å²) in [4.78, 5) is 22.7. The highest BCUT2D eigenvalue weighted by atomic mass is 32.2. The van der Waals surface area contributed by atoms with Crippen molar-refractivity contribution >= 4 is 29.0 Å². The van der Waals surface area contributed by atoms with Gasteiger partial charge >= 0.3 is 0 Å². The van der Waals surface area contributed by atoms with Crippen molar-refractivity contribution in [1.29, 1.82) is 0 Å². The minimum atomic E-state index is -0.525. The maximum atomic E-state index is 12.2. The summed E-state index contributed by atoms with van der Waals surface area (Å²) in [6.07, 6.45) is 0.163. The number of aromatic nitrogens is 4. The number of nitrogens with one attached hydrogen (secondary N) is 1. The zero-order chi connectivity index (χ0) is 20.1. The molecule has 1 N–H and O–H groups in total. The number of thioether (sulfide) groups is 1. The predicted octanol–water partition coefficient (Wildman–Crippen LogP) is 3.31. The van der Waals surface area contributed by atoms with Crippen molar-refractivity contribution in [3.8, 4) is 5.69 Å². The number of aryl methyl sites for hydroxylation is 2. The van der Waals surface area contributed by atoms with Gasteiger partial charge in [0.2, 0.25) is 11.1 Å². The molecule has 3 rings (SSSR count). The van der Waals surface area contributed by atoms with Crippen molar-refractivity contribution in [3.63, 3.8) is 0 Å². The normalized spacial score (nSPS) is 10.6. The van der Waals surface area contributed by atoms with E-state index in [1.54, 1.807) is 16.8 Å². The molecule has 2 aromatic carbocycles. The first-order valence-electron chi connectivity index (χ1n) is 8.48. The van der Waals surface area contributed by atoms with Crippen molar-refractivity contribution in [2.45, 2.75) is 25.4 Å². The maximum absolute atomic E-state index is 12.2. The molecule has 1 aromatic heterocycles. The molecule has 0 aliphatic carbocycles. The Morgan fingerprint density at radius 3 is 2.79 bits per heavy atom. The summed E-state index contributed by atoms with van der Waals surface area (Å²) in [6, 6.07) is 12.0. The molecule has 0 saturated carbocycles. The zero-order valence-electron chi connectivity index (χ0n) is 15.3. The lowest BCUT2D eigenvalue weighted by Crippen LogP contribution is -2.13. The molecule has 0 aliphatic heterocycles. The van der Waals surface area contributed by atoms with Gasteiger partial charge in [-0.15, -0.1) is 5.10 Å². The molecule has 0 atom stereocenters. The molecule has 28 heavy (non-hydrogen) atoms. The van der Waals surface area contributed by atoms with Crippen LogP contribution in [0.25, 0.3) is 5.69 Å². The van der Waals surface area contributed by atoms with Crippen LogP contribution in [0.3, 0.4) is 0 Å². The second kappa shape index (κ2) is 8.61. The first-order valence-corrected chi connectivity index (χ1v) is 9.46. The highest BCUT2D eigenvalue weighted by Crippen LogP contribution is 2.24. The third-order valence-electron chi connectivity index (χ3n) is 3.96.